The second-order valence-corrected chi connectivity index (χ2v) is 13.2. The molecule has 258 valence electrons. The maximum absolute atomic E-state index is 10.5. The Morgan fingerprint density at radius 3 is 1.13 bits per heavy atom. The first-order valence-corrected chi connectivity index (χ1v) is 18.9. The van der Waals surface area contributed by atoms with Crippen molar-refractivity contribution in [2.24, 2.45) is 0 Å². The summed E-state index contributed by atoms with van der Waals surface area (Å²) in [7, 11) is 0. The Kier molecular flexibility index (Phi) is 24.4. The maximum Gasteiger partial charge on any atom is 0.303 e. The number of carboxylic acid groups (broad SMARTS) is 1. The van der Waals surface area contributed by atoms with Crippen molar-refractivity contribution in [3.05, 3.63) is 49.1 Å². The number of pyridine rings is 2. The van der Waals surface area contributed by atoms with Crippen molar-refractivity contribution in [2.45, 2.75) is 174 Å². The van der Waals surface area contributed by atoms with Gasteiger partial charge in [0.15, 0.2) is 24.8 Å². The molecule has 0 saturated heterocycles. The summed E-state index contributed by atoms with van der Waals surface area (Å²) in [4.78, 5) is 20.6. The summed E-state index contributed by atoms with van der Waals surface area (Å²) in [5.74, 6) is -0.665. The molecule has 0 atom stereocenters. The minimum atomic E-state index is -0.665. The Morgan fingerprint density at radius 1 is 0.500 bits per heavy atom. The molecule has 6 heteroatoms. The fourth-order valence-electron chi connectivity index (χ4n) is 6.23. The third-order valence-corrected chi connectivity index (χ3v) is 9.17. The van der Waals surface area contributed by atoms with Gasteiger partial charge in [0.1, 0.15) is 13.1 Å². The molecule has 0 bridgehead atoms. The Morgan fingerprint density at radius 2 is 0.804 bits per heavy atom. The van der Waals surface area contributed by atoms with Crippen molar-refractivity contribution in [2.75, 3.05) is 6.61 Å². The quantitative estimate of drug-likeness (QED) is 0.0492. The van der Waals surface area contributed by atoms with E-state index in [0.717, 1.165) is 32.4 Å². The first-order chi connectivity index (χ1) is 22.7. The Hall–Kier alpha value is -2.76. The molecule has 0 unspecified atom stereocenters. The van der Waals surface area contributed by atoms with E-state index < -0.39 is 5.97 Å². The number of aromatic nitrogens is 2. The molecule has 0 aliphatic rings. The van der Waals surface area contributed by atoms with Crippen molar-refractivity contribution in [3.63, 3.8) is 0 Å². The number of carbonyl (C=O) groups excluding carboxylic acids is 1. The predicted octanol–water partition coefficient (Wildman–Crippen LogP) is 9.94. The lowest BCUT2D eigenvalue weighted by Gasteiger charge is -2.04. The van der Waals surface area contributed by atoms with Crippen molar-refractivity contribution < 1.29 is 28.6 Å². The molecule has 0 saturated carbocycles. The molecule has 46 heavy (non-hydrogen) atoms. The zero-order chi connectivity index (χ0) is 32.8. The molecule has 1 N–H and O–H groups in total. The molecule has 2 aromatic rings. The number of nitrogens with zero attached hydrogens (tertiary/aromatic N) is 2. The van der Waals surface area contributed by atoms with Crippen LogP contribution in [-0.2, 0) is 27.4 Å². The van der Waals surface area contributed by atoms with E-state index in [9.17, 15) is 9.59 Å². The molecular weight excluding hydrogens is 572 g/mol. The molecule has 0 spiro atoms. The molecule has 2 aromatic heterocycles. The van der Waals surface area contributed by atoms with Crippen LogP contribution in [0, 0.1) is 0 Å². The fraction of sp³-hybridized carbons (Fsp3) is 0.700. The number of hydrogen-bond acceptors (Lipinski definition) is 3. The molecule has 0 radical (unpaired) electrons. The monoisotopic (exact) mass is 639 g/mol. The van der Waals surface area contributed by atoms with Crippen molar-refractivity contribution >= 4 is 12.4 Å². The van der Waals surface area contributed by atoms with Crippen LogP contribution in [0.3, 0.4) is 0 Å². The molecule has 0 aromatic carbocycles. The van der Waals surface area contributed by atoms with Crippen molar-refractivity contribution in [1.29, 1.82) is 0 Å². The van der Waals surface area contributed by atoms with Crippen LogP contribution in [0.15, 0.2) is 49.1 Å². The highest BCUT2D eigenvalue weighted by molar-refractivity contribution is 5.66. The Labute approximate surface area is 281 Å². The number of rotatable bonds is 32. The van der Waals surface area contributed by atoms with E-state index in [1.807, 2.05) is 0 Å². The number of ether oxygens (including phenoxy) is 1. The van der Waals surface area contributed by atoms with Gasteiger partial charge in [-0.05, 0) is 36.8 Å². The lowest BCUT2D eigenvalue weighted by Crippen LogP contribution is -2.33. The summed E-state index contributed by atoms with van der Waals surface area (Å²) in [6.07, 6.45) is 39.6. The molecule has 2 rings (SSSR count). The van der Waals surface area contributed by atoms with Crippen LogP contribution in [-0.4, -0.2) is 24.2 Å². The summed E-state index contributed by atoms with van der Waals surface area (Å²) >= 11 is 0. The summed E-state index contributed by atoms with van der Waals surface area (Å²) < 4.78 is 9.37. The smallest absolute Gasteiger partial charge is 0.303 e. The van der Waals surface area contributed by atoms with E-state index in [2.05, 4.69) is 58.2 Å². The van der Waals surface area contributed by atoms with Gasteiger partial charge < -0.3 is 9.84 Å². The number of unbranched alkanes of at least 4 members (excludes halogenated alkanes) is 22. The molecular formula is C40H66N2O4+2. The maximum atomic E-state index is 10.5. The second kappa shape index (κ2) is 28.5. The Balaban J connectivity index is 1.42. The minimum Gasteiger partial charge on any atom is -0.481 e. The van der Waals surface area contributed by atoms with Crippen LogP contribution >= 0.6 is 0 Å². The second-order valence-electron chi connectivity index (χ2n) is 13.2. The number of aliphatic carboxylic acids is 1. The highest BCUT2D eigenvalue weighted by Gasteiger charge is 2.06. The number of carbonyl (C=O) groups is 2. The third kappa shape index (κ3) is 21.9. The number of carboxylic acids is 1. The summed E-state index contributed by atoms with van der Waals surface area (Å²) in [6.45, 7) is 3.32. The minimum absolute atomic E-state index is 0.325. The first kappa shape index (κ1) is 39.4. The van der Waals surface area contributed by atoms with Crippen molar-refractivity contribution in [3.8, 4) is 11.1 Å². The molecule has 0 aliphatic carbocycles. The van der Waals surface area contributed by atoms with E-state index in [1.54, 1.807) is 0 Å². The fourth-order valence-corrected chi connectivity index (χ4v) is 6.23. The van der Waals surface area contributed by atoms with Gasteiger partial charge in [0.25, 0.3) is 6.47 Å². The molecule has 2 heterocycles. The summed E-state index contributed by atoms with van der Waals surface area (Å²) in [5.41, 5.74) is 2.57. The average Bonchev–Trinajstić information content (AvgIpc) is 3.07. The number of aryl methyl sites for hydroxylation is 2. The van der Waals surface area contributed by atoms with Crippen LogP contribution in [0.4, 0.5) is 0 Å². The van der Waals surface area contributed by atoms with E-state index in [4.69, 9.17) is 9.84 Å². The number of hydrogen-bond donors (Lipinski definition) is 1. The zero-order valence-electron chi connectivity index (χ0n) is 29.1. The van der Waals surface area contributed by atoms with Gasteiger partial charge in [0, 0.05) is 43.5 Å². The van der Waals surface area contributed by atoms with Gasteiger partial charge in [0.2, 0.25) is 0 Å². The lowest BCUT2D eigenvalue weighted by molar-refractivity contribution is -0.697. The van der Waals surface area contributed by atoms with Crippen molar-refractivity contribution in [1.82, 2.24) is 0 Å². The average molecular weight is 639 g/mol. The van der Waals surface area contributed by atoms with Gasteiger partial charge >= 0.3 is 5.97 Å². The standard InChI is InChI=1S/C40H65N2O4/c43-37-46-36-24-20-16-12-8-4-3-7-11-15-19-23-31-42-34-28-39(29-35-42)38-26-32-41(33-27-38)30-22-18-14-10-6-2-1-5-9-13-17-21-25-40(44)45/h26-29,32-35,37H,1-25,30-31,36H2/q+1/p+1. The van der Waals surface area contributed by atoms with Crippen LogP contribution in [0.2, 0.25) is 0 Å². The molecule has 0 fully saturated rings. The van der Waals surface area contributed by atoms with E-state index in [0.29, 0.717) is 19.5 Å². The van der Waals surface area contributed by atoms with Gasteiger partial charge in [-0.25, -0.2) is 9.13 Å². The largest absolute Gasteiger partial charge is 0.481 e. The SMILES string of the molecule is O=COCCCCCCCCCCCCCC[n+]1ccc(-c2cc[n+](CCCCCCCCCCCCCCC(=O)O)cc2)cc1. The zero-order valence-corrected chi connectivity index (χ0v) is 29.1. The van der Waals surface area contributed by atoms with Gasteiger partial charge in [-0.2, -0.15) is 0 Å². The molecule has 0 aliphatic heterocycles. The van der Waals surface area contributed by atoms with Gasteiger partial charge in [0.05, 0.1) is 6.61 Å². The van der Waals surface area contributed by atoms with Gasteiger partial charge in [-0.3, -0.25) is 9.59 Å². The highest BCUT2D eigenvalue weighted by Crippen LogP contribution is 2.17. The van der Waals surface area contributed by atoms with Crippen LogP contribution in [0.5, 0.6) is 0 Å². The summed E-state index contributed by atoms with van der Waals surface area (Å²) in [5, 5.41) is 8.67. The predicted molar refractivity (Wildman–Crippen MR) is 187 cm³/mol. The normalized spacial score (nSPS) is 11.1. The Bertz CT molecular complexity index is 993. The van der Waals surface area contributed by atoms with E-state index in [-0.39, 0.29) is 0 Å². The third-order valence-electron chi connectivity index (χ3n) is 9.17. The van der Waals surface area contributed by atoms with E-state index in [1.165, 1.54) is 146 Å². The first-order valence-electron chi connectivity index (χ1n) is 18.9. The van der Waals surface area contributed by atoms with Gasteiger partial charge in [-0.15, -0.1) is 0 Å². The van der Waals surface area contributed by atoms with Gasteiger partial charge in [-0.1, -0.05) is 116 Å². The van der Waals surface area contributed by atoms with Crippen LogP contribution in [0.1, 0.15) is 161 Å². The van der Waals surface area contributed by atoms with Crippen LogP contribution in [0.25, 0.3) is 11.1 Å². The highest BCUT2D eigenvalue weighted by atomic mass is 16.5. The molecule has 0 amide bonds. The lowest BCUT2D eigenvalue weighted by atomic mass is 10.0. The summed E-state index contributed by atoms with van der Waals surface area (Å²) in [6, 6.07) is 9.00. The van der Waals surface area contributed by atoms with Crippen LogP contribution < -0.4 is 9.13 Å². The van der Waals surface area contributed by atoms with E-state index >= 15 is 0 Å². The topological polar surface area (TPSA) is 71.4 Å². The molecule has 6 nitrogen and oxygen atoms in total.